The van der Waals surface area contributed by atoms with Crippen LogP contribution >= 0.6 is 11.8 Å². The number of rotatable bonds is 7. The van der Waals surface area contributed by atoms with Gasteiger partial charge in [-0.05, 0) is 95.5 Å². The molecule has 7 heteroatoms. The number of likely N-dealkylation sites (tertiary alicyclic amines) is 1. The van der Waals surface area contributed by atoms with Crippen molar-refractivity contribution in [2.24, 2.45) is 0 Å². The third-order valence-electron chi connectivity index (χ3n) is 7.43. The Morgan fingerprint density at radius 1 is 1.11 bits per heavy atom. The van der Waals surface area contributed by atoms with E-state index < -0.39 is 0 Å². The fourth-order valence-corrected chi connectivity index (χ4v) is 6.67. The molecule has 0 aliphatic carbocycles. The third kappa shape index (κ3) is 5.20. The van der Waals surface area contributed by atoms with Crippen molar-refractivity contribution in [3.05, 3.63) is 77.0 Å². The summed E-state index contributed by atoms with van der Waals surface area (Å²) in [7, 11) is 0. The van der Waals surface area contributed by atoms with Crippen LogP contribution < -0.4 is 10.1 Å². The number of aromatic hydroxyl groups is 1. The summed E-state index contributed by atoms with van der Waals surface area (Å²) in [4.78, 5) is 8.10. The summed E-state index contributed by atoms with van der Waals surface area (Å²) in [6.45, 7) is 3.29. The number of thioether (sulfide) groups is 1. The zero-order valence-corrected chi connectivity index (χ0v) is 21.7. The van der Waals surface area contributed by atoms with E-state index in [0.29, 0.717) is 12.2 Å². The standard InChI is InChI=1S/C30H32FN3O2S/c31-11-1-13-34-14-9-25(19-34)36-24-5-2-20(3-6-24)29-26(22-16-21-8-12-32-30(21)33-18-22)10-15-37-28-17-23(35)4-7-27(28)29/h2-7,16-18,25,35H,1,8-15,19H2,(H,32,33)/t25-/m0/s1. The maximum Gasteiger partial charge on any atom is 0.129 e. The molecule has 1 aromatic heterocycles. The van der Waals surface area contributed by atoms with Crippen molar-refractivity contribution in [3.63, 3.8) is 0 Å². The minimum Gasteiger partial charge on any atom is -0.508 e. The number of hydrogen-bond acceptors (Lipinski definition) is 6. The van der Waals surface area contributed by atoms with Gasteiger partial charge in [-0.3, -0.25) is 9.29 Å². The highest BCUT2D eigenvalue weighted by Gasteiger charge is 2.25. The second-order valence-corrected chi connectivity index (χ2v) is 11.1. The zero-order valence-electron chi connectivity index (χ0n) is 20.9. The molecule has 6 rings (SSSR count). The molecule has 0 bridgehead atoms. The van der Waals surface area contributed by atoms with Gasteiger partial charge in [0, 0.05) is 43.0 Å². The van der Waals surface area contributed by atoms with Crippen LogP contribution in [-0.4, -0.2) is 59.7 Å². The van der Waals surface area contributed by atoms with Gasteiger partial charge >= 0.3 is 0 Å². The molecule has 192 valence electrons. The molecule has 37 heavy (non-hydrogen) atoms. The van der Waals surface area contributed by atoms with Gasteiger partial charge in [0.05, 0.1) is 6.67 Å². The molecule has 4 heterocycles. The lowest BCUT2D eigenvalue weighted by Crippen LogP contribution is -2.26. The van der Waals surface area contributed by atoms with Crippen molar-refractivity contribution < 1.29 is 14.2 Å². The number of nitrogens with one attached hydrogen (secondary N) is 1. The average Bonchev–Trinajstić information content (AvgIpc) is 3.53. The van der Waals surface area contributed by atoms with Crippen LogP contribution in [0.15, 0.2) is 59.6 Å². The minimum atomic E-state index is -0.263. The van der Waals surface area contributed by atoms with E-state index in [1.165, 1.54) is 22.3 Å². The monoisotopic (exact) mass is 517 g/mol. The molecule has 0 unspecified atom stereocenters. The van der Waals surface area contributed by atoms with Crippen molar-refractivity contribution in [3.8, 4) is 11.5 Å². The highest BCUT2D eigenvalue weighted by molar-refractivity contribution is 7.99. The summed E-state index contributed by atoms with van der Waals surface area (Å²) in [5.41, 5.74) is 7.18. The number of ether oxygens (including phenoxy) is 1. The first-order chi connectivity index (χ1) is 18.2. The van der Waals surface area contributed by atoms with Crippen LogP contribution in [0.1, 0.15) is 41.5 Å². The number of allylic oxidation sites excluding steroid dienone is 1. The Kier molecular flexibility index (Phi) is 7.07. The maximum atomic E-state index is 12.5. The van der Waals surface area contributed by atoms with Gasteiger partial charge in [-0.1, -0.05) is 12.1 Å². The van der Waals surface area contributed by atoms with Crippen LogP contribution in [-0.2, 0) is 6.42 Å². The lowest BCUT2D eigenvalue weighted by Gasteiger charge is -2.18. The van der Waals surface area contributed by atoms with Crippen LogP contribution in [0.2, 0.25) is 0 Å². The van der Waals surface area contributed by atoms with Gasteiger partial charge < -0.3 is 15.2 Å². The number of phenolic OH excluding ortho intramolecular Hbond substituents is 1. The lowest BCUT2D eigenvalue weighted by atomic mass is 9.88. The van der Waals surface area contributed by atoms with Gasteiger partial charge in [0.1, 0.15) is 23.4 Å². The molecular formula is C30H32FN3O2S. The first-order valence-corrected chi connectivity index (χ1v) is 14.1. The van der Waals surface area contributed by atoms with Gasteiger partial charge in [-0.15, -0.1) is 11.8 Å². The van der Waals surface area contributed by atoms with Crippen molar-refractivity contribution in [1.82, 2.24) is 9.88 Å². The van der Waals surface area contributed by atoms with Crippen molar-refractivity contribution in [2.75, 3.05) is 43.9 Å². The summed E-state index contributed by atoms with van der Waals surface area (Å²) in [6, 6.07) is 16.4. The van der Waals surface area contributed by atoms with E-state index >= 15 is 0 Å². The first-order valence-electron chi connectivity index (χ1n) is 13.2. The van der Waals surface area contributed by atoms with E-state index in [1.807, 2.05) is 18.3 Å². The molecule has 1 saturated heterocycles. The van der Waals surface area contributed by atoms with Gasteiger partial charge in [0.25, 0.3) is 0 Å². The van der Waals surface area contributed by atoms with E-state index in [9.17, 15) is 9.50 Å². The Labute approximate surface area is 221 Å². The van der Waals surface area contributed by atoms with E-state index in [4.69, 9.17) is 9.72 Å². The number of halogens is 1. The number of benzene rings is 2. The molecule has 3 aliphatic rings. The van der Waals surface area contributed by atoms with Gasteiger partial charge in [-0.2, -0.15) is 0 Å². The molecule has 0 amide bonds. The Hall–Kier alpha value is -3.03. The fraction of sp³-hybridized carbons (Fsp3) is 0.367. The van der Waals surface area contributed by atoms with Gasteiger partial charge in [0.15, 0.2) is 0 Å². The number of pyridine rings is 1. The molecule has 2 aromatic carbocycles. The molecule has 0 saturated carbocycles. The maximum absolute atomic E-state index is 12.5. The molecule has 1 fully saturated rings. The molecule has 0 spiro atoms. The number of anilines is 1. The highest BCUT2D eigenvalue weighted by atomic mass is 32.2. The van der Waals surface area contributed by atoms with Crippen LogP contribution in [0.4, 0.5) is 10.2 Å². The molecule has 3 aromatic rings. The molecule has 5 nitrogen and oxygen atoms in total. The normalized spacial score (nSPS) is 19.3. The van der Waals surface area contributed by atoms with Crippen LogP contribution in [0.3, 0.4) is 0 Å². The van der Waals surface area contributed by atoms with Crippen LogP contribution in [0.25, 0.3) is 11.1 Å². The number of aromatic nitrogens is 1. The number of hydrogen-bond donors (Lipinski definition) is 2. The highest BCUT2D eigenvalue weighted by Crippen LogP contribution is 2.44. The summed E-state index contributed by atoms with van der Waals surface area (Å²) < 4.78 is 18.8. The number of phenols is 1. The van der Waals surface area contributed by atoms with E-state index in [0.717, 1.165) is 78.8 Å². The van der Waals surface area contributed by atoms with Crippen molar-refractivity contribution >= 4 is 28.7 Å². The Morgan fingerprint density at radius 3 is 2.86 bits per heavy atom. The second kappa shape index (κ2) is 10.8. The average molecular weight is 518 g/mol. The smallest absolute Gasteiger partial charge is 0.129 e. The minimum absolute atomic E-state index is 0.143. The Bertz CT molecular complexity index is 1310. The molecule has 2 N–H and O–H groups in total. The van der Waals surface area contributed by atoms with Gasteiger partial charge in [0.2, 0.25) is 0 Å². The Morgan fingerprint density at radius 2 is 2.00 bits per heavy atom. The van der Waals surface area contributed by atoms with Crippen LogP contribution in [0.5, 0.6) is 11.5 Å². The molecule has 0 radical (unpaired) electrons. The number of alkyl halides is 1. The molecular weight excluding hydrogens is 485 g/mol. The number of nitrogens with zero attached hydrogens (tertiary/aromatic N) is 2. The van der Waals surface area contributed by atoms with Crippen molar-refractivity contribution in [1.29, 1.82) is 0 Å². The molecule has 3 aliphatic heterocycles. The SMILES string of the molecule is Oc1ccc2c(c1)SCCC(c1cnc3c(c1)CCN3)=C2c1ccc(O[C@H]2CCN(CCCF)C2)cc1. The predicted octanol–water partition coefficient (Wildman–Crippen LogP) is 6.02. The zero-order chi connectivity index (χ0) is 25.2. The number of fused-ring (bicyclic) bond motifs is 2. The first kappa shape index (κ1) is 24.3. The summed E-state index contributed by atoms with van der Waals surface area (Å²) in [6.07, 6.45) is 5.61. The summed E-state index contributed by atoms with van der Waals surface area (Å²) in [5, 5.41) is 13.5. The van der Waals surface area contributed by atoms with Crippen LogP contribution in [0, 0.1) is 0 Å². The fourth-order valence-electron chi connectivity index (χ4n) is 5.62. The quantitative estimate of drug-likeness (QED) is 0.400. The summed E-state index contributed by atoms with van der Waals surface area (Å²) in [5.74, 6) is 3.09. The lowest BCUT2D eigenvalue weighted by molar-refractivity contribution is 0.198. The Balaban J connectivity index is 1.33. The summed E-state index contributed by atoms with van der Waals surface area (Å²) >= 11 is 1.79. The topological polar surface area (TPSA) is 57.6 Å². The molecule has 1 atom stereocenters. The third-order valence-corrected chi connectivity index (χ3v) is 8.49. The van der Waals surface area contributed by atoms with Crippen molar-refractivity contribution in [2.45, 2.75) is 36.7 Å². The second-order valence-electron chi connectivity index (χ2n) is 9.94. The largest absolute Gasteiger partial charge is 0.508 e. The van der Waals surface area contributed by atoms with E-state index in [-0.39, 0.29) is 12.8 Å². The van der Waals surface area contributed by atoms with E-state index in [1.54, 1.807) is 17.8 Å². The predicted molar refractivity (Wildman–Crippen MR) is 148 cm³/mol. The van der Waals surface area contributed by atoms with E-state index in [2.05, 4.69) is 40.5 Å². The van der Waals surface area contributed by atoms with Gasteiger partial charge in [-0.25, -0.2) is 4.98 Å².